The quantitative estimate of drug-likeness (QED) is 0.652. The van der Waals surface area contributed by atoms with Crippen LogP contribution in [-0.4, -0.2) is 56.3 Å². The van der Waals surface area contributed by atoms with Crippen molar-refractivity contribution in [2.45, 2.75) is 26.8 Å². The number of hydrogen-bond donors (Lipinski definition) is 1. The molecule has 0 saturated carbocycles. The lowest BCUT2D eigenvalue weighted by molar-refractivity contribution is -0.133. The highest BCUT2D eigenvalue weighted by atomic mass is 32.1. The van der Waals surface area contributed by atoms with Crippen molar-refractivity contribution in [2.24, 2.45) is 5.92 Å². The minimum atomic E-state index is -0.425. The van der Waals surface area contributed by atoms with Crippen LogP contribution in [0.25, 0.3) is 10.2 Å². The Kier molecular flexibility index (Phi) is 5.81. The van der Waals surface area contributed by atoms with Crippen molar-refractivity contribution < 1.29 is 14.0 Å². The summed E-state index contributed by atoms with van der Waals surface area (Å²) in [6.45, 7) is 6.76. The van der Waals surface area contributed by atoms with E-state index < -0.39 is 5.82 Å². The molecular formula is C21H23FN6O2S. The maximum atomic E-state index is 13.5. The largest absolute Gasteiger partial charge is 0.348 e. The van der Waals surface area contributed by atoms with E-state index in [0.717, 1.165) is 6.20 Å². The molecular weight excluding hydrogens is 419 g/mol. The van der Waals surface area contributed by atoms with Crippen LogP contribution < -0.4 is 5.32 Å². The Balaban J connectivity index is 1.59. The molecule has 1 fully saturated rings. The van der Waals surface area contributed by atoms with Crippen molar-refractivity contribution in [2.75, 3.05) is 25.1 Å². The van der Waals surface area contributed by atoms with Crippen LogP contribution in [0.4, 0.5) is 10.3 Å². The number of nitrogens with one attached hydrogen (secondary N) is 1. The first-order valence-corrected chi connectivity index (χ1v) is 10.9. The zero-order valence-corrected chi connectivity index (χ0v) is 18.3. The molecule has 4 heterocycles. The van der Waals surface area contributed by atoms with E-state index in [-0.39, 0.29) is 36.4 Å². The van der Waals surface area contributed by atoms with Crippen LogP contribution in [0.3, 0.4) is 0 Å². The maximum absolute atomic E-state index is 13.5. The molecule has 1 aliphatic heterocycles. The summed E-state index contributed by atoms with van der Waals surface area (Å²) in [6.07, 6.45) is 2.71. The highest BCUT2D eigenvalue weighted by Gasteiger charge is 2.31. The van der Waals surface area contributed by atoms with E-state index in [1.807, 2.05) is 32.2 Å². The number of carbonyl (C=O) groups is 2. The van der Waals surface area contributed by atoms with E-state index in [1.165, 1.54) is 17.4 Å². The summed E-state index contributed by atoms with van der Waals surface area (Å²) in [5, 5.41) is 5.00. The number of amides is 2. The molecule has 1 atom stereocenters. The van der Waals surface area contributed by atoms with E-state index in [2.05, 4.69) is 20.3 Å². The van der Waals surface area contributed by atoms with Gasteiger partial charge in [-0.1, -0.05) is 13.8 Å². The van der Waals surface area contributed by atoms with Gasteiger partial charge >= 0.3 is 0 Å². The fourth-order valence-electron chi connectivity index (χ4n) is 3.46. The zero-order chi connectivity index (χ0) is 22.1. The number of thiophene rings is 1. The van der Waals surface area contributed by atoms with E-state index >= 15 is 0 Å². The molecule has 0 aromatic carbocycles. The predicted molar refractivity (Wildman–Crippen MR) is 116 cm³/mol. The Bertz CT molecular complexity index is 1130. The number of halogens is 1. The van der Waals surface area contributed by atoms with Gasteiger partial charge in [0, 0.05) is 25.2 Å². The Hall–Kier alpha value is -3.14. The highest BCUT2D eigenvalue weighted by Crippen LogP contribution is 2.27. The van der Waals surface area contributed by atoms with E-state index in [4.69, 9.17) is 0 Å². The molecule has 3 aromatic rings. The zero-order valence-electron chi connectivity index (χ0n) is 17.5. The molecule has 0 aliphatic carbocycles. The Morgan fingerprint density at radius 3 is 2.68 bits per heavy atom. The van der Waals surface area contributed by atoms with Crippen molar-refractivity contribution in [1.29, 1.82) is 0 Å². The van der Waals surface area contributed by atoms with Gasteiger partial charge in [0.2, 0.25) is 11.9 Å². The number of nitrogens with zero attached hydrogens (tertiary/aromatic N) is 5. The monoisotopic (exact) mass is 442 g/mol. The lowest BCUT2D eigenvalue weighted by Gasteiger charge is -2.20. The average Bonchev–Trinajstić information content (AvgIpc) is 3.41. The molecule has 8 nitrogen and oxygen atoms in total. The summed E-state index contributed by atoms with van der Waals surface area (Å²) in [4.78, 5) is 41.7. The molecule has 10 heteroatoms. The van der Waals surface area contributed by atoms with Crippen molar-refractivity contribution >= 4 is 39.3 Å². The van der Waals surface area contributed by atoms with Gasteiger partial charge in [-0.25, -0.2) is 14.4 Å². The number of carbonyl (C=O) groups excluding carboxylic acids is 2. The summed E-state index contributed by atoms with van der Waals surface area (Å²) >= 11 is 1.40. The predicted octanol–water partition coefficient (Wildman–Crippen LogP) is 3.30. The van der Waals surface area contributed by atoms with Gasteiger partial charge in [-0.3, -0.25) is 14.6 Å². The van der Waals surface area contributed by atoms with Gasteiger partial charge in [-0.2, -0.15) is 0 Å². The van der Waals surface area contributed by atoms with Crippen molar-refractivity contribution in [3.63, 3.8) is 0 Å². The summed E-state index contributed by atoms with van der Waals surface area (Å²) in [6, 6.07) is 2.91. The van der Waals surface area contributed by atoms with Crippen LogP contribution in [-0.2, 0) is 4.79 Å². The van der Waals surface area contributed by atoms with E-state index in [9.17, 15) is 14.0 Å². The molecule has 2 amide bonds. The molecule has 1 aliphatic rings. The lowest BCUT2D eigenvalue weighted by Crippen LogP contribution is -2.36. The molecule has 0 bridgehead atoms. The summed E-state index contributed by atoms with van der Waals surface area (Å²) in [5.41, 5.74) is 1.60. The summed E-state index contributed by atoms with van der Waals surface area (Å²) in [7, 11) is 0. The smallest absolute Gasteiger partial charge is 0.275 e. The van der Waals surface area contributed by atoms with Crippen molar-refractivity contribution in [3.05, 3.63) is 47.0 Å². The first-order valence-electron chi connectivity index (χ1n) is 10.0. The molecule has 3 aromatic heterocycles. The molecule has 1 unspecified atom stereocenters. The first kappa shape index (κ1) is 21.1. The lowest BCUT2D eigenvalue weighted by atomic mass is 10.1. The molecule has 4 rings (SSSR count). The SMILES string of the molecule is CC(C)C(=O)N1CCN(C(=O)c2nc(NC(C)c3cncc(F)c3)nc3ccsc23)C1. The van der Waals surface area contributed by atoms with Gasteiger partial charge in [-0.05, 0) is 30.0 Å². The fourth-order valence-corrected chi connectivity index (χ4v) is 4.28. The normalized spacial score (nSPS) is 15.0. The second-order valence-electron chi connectivity index (χ2n) is 7.80. The van der Waals surface area contributed by atoms with Gasteiger partial charge < -0.3 is 15.1 Å². The van der Waals surface area contributed by atoms with E-state index in [0.29, 0.717) is 34.6 Å². The van der Waals surface area contributed by atoms with Gasteiger partial charge in [0.1, 0.15) is 5.82 Å². The highest BCUT2D eigenvalue weighted by molar-refractivity contribution is 7.17. The Morgan fingerprint density at radius 2 is 1.94 bits per heavy atom. The Labute approximate surface area is 183 Å². The van der Waals surface area contributed by atoms with Crippen molar-refractivity contribution in [1.82, 2.24) is 24.8 Å². The van der Waals surface area contributed by atoms with Gasteiger partial charge in [0.05, 0.1) is 29.1 Å². The number of rotatable bonds is 5. The number of aromatic nitrogens is 3. The summed E-state index contributed by atoms with van der Waals surface area (Å²) < 4.78 is 14.2. The van der Waals surface area contributed by atoms with Crippen LogP contribution in [0.15, 0.2) is 29.9 Å². The number of fused-ring (bicyclic) bond motifs is 1. The number of hydrogen-bond acceptors (Lipinski definition) is 7. The standard InChI is InChI=1S/C21H23FN6O2S/c1-12(2)19(29)27-5-6-28(11-27)20(30)17-18-16(4-7-31-18)25-21(26-17)24-13(3)14-8-15(22)10-23-9-14/h4,7-10,12-13H,5-6,11H2,1-3H3,(H,24,25,26). The molecule has 1 saturated heterocycles. The summed E-state index contributed by atoms with van der Waals surface area (Å²) in [5.74, 6) is -0.477. The maximum Gasteiger partial charge on any atom is 0.275 e. The van der Waals surface area contributed by atoms with Gasteiger partial charge in [0.15, 0.2) is 5.69 Å². The third kappa shape index (κ3) is 4.34. The Morgan fingerprint density at radius 1 is 1.16 bits per heavy atom. The van der Waals surface area contributed by atoms with E-state index in [1.54, 1.807) is 16.0 Å². The molecule has 1 N–H and O–H groups in total. The number of anilines is 1. The molecule has 31 heavy (non-hydrogen) atoms. The van der Waals surface area contributed by atoms with Crippen LogP contribution in [0.2, 0.25) is 0 Å². The second-order valence-corrected chi connectivity index (χ2v) is 8.72. The number of pyridine rings is 1. The van der Waals surface area contributed by atoms with Crippen LogP contribution >= 0.6 is 11.3 Å². The third-order valence-electron chi connectivity index (χ3n) is 5.15. The molecule has 162 valence electrons. The minimum absolute atomic E-state index is 0.0270. The van der Waals surface area contributed by atoms with Crippen molar-refractivity contribution in [3.8, 4) is 0 Å². The molecule has 0 radical (unpaired) electrons. The fraction of sp³-hybridized carbons (Fsp3) is 0.381. The average molecular weight is 443 g/mol. The van der Waals surface area contributed by atoms with Crippen LogP contribution in [0.1, 0.15) is 42.9 Å². The first-order chi connectivity index (χ1) is 14.8. The second kappa shape index (κ2) is 8.54. The third-order valence-corrected chi connectivity index (χ3v) is 6.06. The van der Waals surface area contributed by atoms with Crippen LogP contribution in [0.5, 0.6) is 0 Å². The van der Waals surface area contributed by atoms with Gasteiger partial charge in [0.25, 0.3) is 5.91 Å². The van der Waals surface area contributed by atoms with Crippen LogP contribution in [0, 0.1) is 11.7 Å². The van der Waals surface area contributed by atoms with Gasteiger partial charge in [-0.15, -0.1) is 11.3 Å². The molecule has 0 spiro atoms. The minimum Gasteiger partial charge on any atom is -0.348 e. The topological polar surface area (TPSA) is 91.3 Å².